The second kappa shape index (κ2) is 5.85. The molecule has 2 rings (SSSR count). The average Bonchev–Trinajstić information content (AvgIpc) is 2.46. The fourth-order valence-electron chi connectivity index (χ4n) is 1.38. The Balaban J connectivity index is 2.01. The summed E-state index contributed by atoms with van der Waals surface area (Å²) in [5.41, 5.74) is 1.02. The van der Waals surface area contributed by atoms with Crippen molar-refractivity contribution in [3.63, 3.8) is 0 Å². The minimum absolute atomic E-state index is 0.0460. The second-order valence-electron chi connectivity index (χ2n) is 3.65. The Labute approximate surface area is 108 Å². The highest BCUT2D eigenvalue weighted by Crippen LogP contribution is 2.14. The van der Waals surface area contributed by atoms with E-state index in [1.165, 1.54) is 31.8 Å². The predicted molar refractivity (Wildman–Crippen MR) is 65.5 cm³/mol. The maximum absolute atomic E-state index is 13.4. The molecule has 2 heterocycles. The molecule has 2 aromatic rings. The van der Waals surface area contributed by atoms with Crippen LogP contribution >= 0.6 is 0 Å². The van der Waals surface area contributed by atoms with Crippen molar-refractivity contribution in [1.82, 2.24) is 15.0 Å². The summed E-state index contributed by atoms with van der Waals surface area (Å²) in [5.74, 6) is -0.226. The molecule has 0 radical (unpaired) electrons. The summed E-state index contributed by atoms with van der Waals surface area (Å²) >= 11 is 0. The molecule has 0 aliphatic carbocycles. The van der Waals surface area contributed by atoms with E-state index in [-0.39, 0.29) is 5.88 Å². The minimum Gasteiger partial charge on any atom is -0.479 e. The largest absolute Gasteiger partial charge is 0.479 e. The summed E-state index contributed by atoms with van der Waals surface area (Å²) in [4.78, 5) is 22.1. The van der Waals surface area contributed by atoms with Crippen LogP contribution in [0.1, 0.15) is 15.9 Å². The highest BCUT2D eigenvalue weighted by molar-refractivity contribution is 5.73. The summed E-state index contributed by atoms with van der Waals surface area (Å²) in [6.07, 6.45) is 4.95. The highest BCUT2D eigenvalue weighted by atomic mass is 19.1. The predicted octanol–water partition coefficient (Wildman–Crippen LogP) is 1.44. The number of carbonyl (C=O) groups is 1. The molecule has 0 saturated heterocycles. The number of carbonyl (C=O) groups excluding carboxylic acids is 1. The van der Waals surface area contributed by atoms with Gasteiger partial charge in [0.15, 0.2) is 12.1 Å². The van der Waals surface area contributed by atoms with Crippen LogP contribution in [-0.2, 0) is 6.54 Å². The third-order valence-electron chi connectivity index (χ3n) is 2.32. The van der Waals surface area contributed by atoms with Crippen LogP contribution in [0.4, 0.5) is 10.3 Å². The van der Waals surface area contributed by atoms with Crippen LogP contribution < -0.4 is 10.1 Å². The minimum atomic E-state index is -0.529. The van der Waals surface area contributed by atoms with Gasteiger partial charge in [0, 0.05) is 25.1 Å². The van der Waals surface area contributed by atoms with E-state index in [1.54, 1.807) is 0 Å². The number of anilines is 1. The summed E-state index contributed by atoms with van der Waals surface area (Å²) < 4.78 is 18.1. The zero-order valence-electron chi connectivity index (χ0n) is 10.1. The fraction of sp³-hybridized carbons (Fsp3) is 0.167. The van der Waals surface area contributed by atoms with E-state index < -0.39 is 5.82 Å². The first-order chi connectivity index (χ1) is 9.22. The number of ether oxygens (including phenoxy) is 1. The van der Waals surface area contributed by atoms with Crippen LogP contribution in [0.5, 0.6) is 5.88 Å². The molecule has 0 atom stereocenters. The van der Waals surface area contributed by atoms with Gasteiger partial charge in [0.2, 0.25) is 11.8 Å². The fourth-order valence-corrected chi connectivity index (χ4v) is 1.38. The van der Waals surface area contributed by atoms with Crippen LogP contribution in [0.15, 0.2) is 24.7 Å². The summed E-state index contributed by atoms with van der Waals surface area (Å²) in [6.45, 7) is 0.314. The van der Waals surface area contributed by atoms with Gasteiger partial charge in [-0.05, 0) is 11.6 Å². The zero-order chi connectivity index (χ0) is 13.7. The summed E-state index contributed by atoms with van der Waals surface area (Å²) in [6, 6.07) is 1.32. The van der Waals surface area contributed by atoms with Gasteiger partial charge < -0.3 is 10.1 Å². The third kappa shape index (κ3) is 3.21. The lowest BCUT2D eigenvalue weighted by Gasteiger charge is -2.06. The van der Waals surface area contributed by atoms with Crippen LogP contribution in [-0.4, -0.2) is 28.3 Å². The van der Waals surface area contributed by atoms with Crippen LogP contribution in [0.25, 0.3) is 0 Å². The number of nitrogens with one attached hydrogen (secondary N) is 1. The van der Waals surface area contributed by atoms with E-state index in [0.29, 0.717) is 29.9 Å². The molecule has 0 aliphatic heterocycles. The molecule has 0 fully saturated rings. The quantitative estimate of drug-likeness (QED) is 0.822. The first-order valence-corrected chi connectivity index (χ1v) is 5.42. The van der Waals surface area contributed by atoms with Gasteiger partial charge in [0.1, 0.15) is 0 Å². The van der Waals surface area contributed by atoms with Crippen molar-refractivity contribution in [3.05, 3.63) is 41.6 Å². The van der Waals surface area contributed by atoms with Crippen molar-refractivity contribution in [2.75, 3.05) is 12.4 Å². The molecule has 19 heavy (non-hydrogen) atoms. The number of aldehydes is 1. The van der Waals surface area contributed by atoms with E-state index in [4.69, 9.17) is 4.74 Å². The number of aromatic nitrogens is 3. The smallest absolute Gasteiger partial charge is 0.250 e. The Morgan fingerprint density at radius 2 is 2.05 bits per heavy atom. The standard InChI is InChI=1S/C12H11FN4O2/c1-19-11-10(13)2-8(3-14-11)4-15-12-16-5-9(7-18)6-17-12/h2-3,5-7H,4H2,1H3,(H,15,16,17). The number of hydrogen-bond acceptors (Lipinski definition) is 6. The SMILES string of the molecule is COc1ncc(CNc2ncc(C=O)cn2)cc1F. The topological polar surface area (TPSA) is 77.0 Å². The summed E-state index contributed by atoms with van der Waals surface area (Å²) in [7, 11) is 1.35. The number of hydrogen-bond donors (Lipinski definition) is 1. The van der Waals surface area contributed by atoms with Crippen molar-refractivity contribution in [3.8, 4) is 5.88 Å². The van der Waals surface area contributed by atoms with Gasteiger partial charge >= 0.3 is 0 Å². The van der Waals surface area contributed by atoms with Gasteiger partial charge in [-0.3, -0.25) is 4.79 Å². The molecule has 0 aliphatic rings. The first kappa shape index (κ1) is 12.9. The lowest BCUT2D eigenvalue weighted by Crippen LogP contribution is -2.05. The Kier molecular flexibility index (Phi) is 3.97. The molecule has 98 valence electrons. The van der Waals surface area contributed by atoms with Gasteiger partial charge in [-0.25, -0.2) is 19.3 Å². The number of pyridine rings is 1. The van der Waals surface area contributed by atoms with Gasteiger partial charge in [-0.2, -0.15) is 0 Å². The maximum atomic E-state index is 13.4. The van der Waals surface area contributed by atoms with Crippen molar-refractivity contribution in [1.29, 1.82) is 0 Å². The molecule has 7 heteroatoms. The molecule has 0 aromatic carbocycles. The van der Waals surface area contributed by atoms with Gasteiger partial charge in [0.25, 0.3) is 0 Å². The van der Waals surface area contributed by atoms with E-state index in [9.17, 15) is 9.18 Å². The molecule has 0 bridgehead atoms. The molecule has 0 amide bonds. The van der Waals surface area contributed by atoms with Crippen LogP contribution in [0.2, 0.25) is 0 Å². The number of methoxy groups -OCH3 is 1. The van der Waals surface area contributed by atoms with Crippen molar-refractivity contribution in [2.45, 2.75) is 6.54 Å². The zero-order valence-corrected chi connectivity index (χ0v) is 10.1. The molecule has 0 unspecified atom stereocenters. The molecule has 0 saturated carbocycles. The summed E-state index contributed by atoms with van der Waals surface area (Å²) in [5, 5.41) is 2.89. The normalized spacial score (nSPS) is 10.0. The highest BCUT2D eigenvalue weighted by Gasteiger charge is 2.05. The molecular formula is C12H11FN4O2. The molecule has 6 nitrogen and oxygen atoms in total. The Bertz CT molecular complexity index is 574. The van der Waals surface area contributed by atoms with Crippen molar-refractivity contribution < 1.29 is 13.9 Å². The Morgan fingerprint density at radius 1 is 1.32 bits per heavy atom. The van der Waals surface area contributed by atoms with E-state index >= 15 is 0 Å². The van der Waals surface area contributed by atoms with E-state index in [2.05, 4.69) is 20.3 Å². The molecule has 2 aromatic heterocycles. The van der Waals surface area contributed by atoms with E-state index in [1.807, 2.05) is 0 Å². The molecule has 0 spiro atoms. The van der Waals surface area contributed by atoms with Crippen molar-refractivity contribution in [2.24, 2.45) is 0 Å². The Morgan fingerprint density at radius 3 is 2.63 bits per heavy atom. The lowest BCUT2D eigenvalue weighted by molar-refractivity contribution is 0.112. The lowest BCUT2D eigenvalue weighted by atomic mass is 10.3. The third-order valence-corrected chi connectivity index (χ3v) is 2.32. The van der Waals surface area contributed by atoms with E-state index in [0.717, 1.165) is 0 Å². The molecule has 1 N–H and O–H groups in total. The number of nitrogens with zero attached hydrogens (tertiary/aromatic N) is 3. The number of rotatable bonds is 5. The monoisotopic (exact) mass is 262 g/mol. The van der Waals surface area contributed by atoms with Crippen LogP contribution in [0.3, 0.4) is 0 Å². The van der Waals surface area contributed by atoms with Gasteiger partial charge in [0.05, 0.1) is 12.7 Å². The first-order valence-electron chi connectivity index (χ1n) is 5.42. The van der Waals surface area contributed by atoms with Crippen molar-refractivity contribution >= 4 is 12.2 Å². The second-order valence-corrected chi connectivity index (χ2v) is 3.65. The molecular weight excluding hydrogens is 251 g/mol. The average molecular weight is 262 g/mol. The van der Waals surface area contributed by atoms with Gasteiger partial charge in [-0.1, -0.05) is 0 Å². The Hall–Kier alpha value is -2.57. The maximum Gasteiger partial charge on any atom is 0.250 e. The van der Waals surface area contributed by atoms with Gasteiger partial charge in [-0.15, -0.1) is 0 Å². The number of halogens is 1. The van der Waals surface area contributed by atoms with Crippen LogP contribution in [0, 0.1) is 5.82 Å².